The summed E-state index contributed by atoms with van der Waals surface area (Å²) in [5, 5.41) is 0.561. The Labute approximate surface area is 240 Å². The molecule has 0 atom stereocenters. The lowest BCUT2D eigenvalue weighted by Crippen LogP contribution is -2.32. The number of halogens is 1. The smallest absolute Gasteiger partial charge is 0.266 e. The van der Waals surface area contributed by atoms with Gasteiger partial charge in [-0.1, -0.05) is 76.9 Å². The Kier molecular flexibility index (Phi) is 6.54. The molecule has 4 aromatic carbocycles. The van der Waals surface area contributed by atoms with Crippen LogP contribution in [0.1, 0.15) is 19.3 Å². The molecule has 7 heteroatoms. The molecule has 2 aromatic heterocycles. The van der Waals surface area contributed by atoms with Gasteiger partial charge in [-0.15, -0.1) is 0 Å². The van der Waals surface area contributed by atoms with Crippen molar-refractivity contribution in [3.63, 3.8) is 0 Å². The molecular formula is C33H28BrN5O. The minimum atomic E-state index is -0.115. The van der Waals surface area contributed by atoms with Crippen LogP contribution in [-0.2, 0) is 6.67 Å². The molecule has 1 fully saturated rings. The monoisotopic (exact) mass is 589 g/mol. The molecule has 6 aromatic rings. The maximum absolute atomic E-state index is 14.3. The van der Waals surface area contributed by atoms with Crippen LogP contribution in [-0.4, -0.2) is 37.1 Å². The predicted octanol–water partition coefficient (Wildman–Crippen LogP) is 7.28. The average molecular weight is 591 g/mol. The van der Waals surface area contributed by atoms with Crippen LogP contribution in [0.3, 0.4) is 0 Å². The van der Waals surface area contributed by atoms with E-state index in [2.05, 4.69) is 49.7 Å². The number of benzene rings is 4. The minimum absolute atomic E-state index is 0.115. The van der Waals surface area contributed by atoms with Crippen LogP contribution in [0.2, 0.25) is 0 Å². The van der Waals surface area contributed by atoms with Gasteiger partial charge < -0.3 is 4.57 Å². The highest BCUT2D eigenvalue weighted by atomic mass is 79.9. The van der Waals surface area contributed by atoms with E-state index in [1.165, 1.54) is 19.3 Å². The summed E-state index contributed by atoms with van der Waals surface area (Å²) in [6.07, 6.45) is 3.71. The van der Waals surface area contributed by atoms with Gasteiger partial charge in [0.15, 0.2) is 0 Å². The van der Waals surface area contributed by atoms with E-state index in [0.717, 1.165) is 57.9 Å². The minimum Gasteiger partial charge on any atom is -0.310 e. The zero-order valence-electron chi connectivity index (χ0n) is 22.0. The lowest BCUT2D eigenvalue weighted by atomic mass is 10.1. The standard InChI is InChI=1S/C33H28BrN5O/c34-24-17-18-27-26(21-24)33(40)39(31(35-27)23-11-3-1-4-12-23)29-15-7-5-13-25(29)32-36-28-14-6-8-16-30(28)38(32)22-37-19-9-2-10-20-37/h1,3-8,11-18,21H,2,9-10,19-20,22H2. The van der Waals surface area contributed by atoms with Crippen LogP contribution in [0.15, 0.2) is 106 Å². The van der Waals surface area contributed by atoms with Crippen LogP contribution in [0.25, 0.3) is 50.4 Å². The molecule has 1 aliphatic rings. The first-order chi connectivity index (χ1) is 19.7. The lowest BCUT2D eigenvalue weighted by Gasteiger charge is -2.28. The number of nitrogens with zero attached hydrogens (tertiary/aromatic N) is 5. The number of rotatable bonds is 5. The number of para-hydroxylation sites is 3. The van der Waals surface area contributed by atoms with Gasteiger partial charge in [-0.05, 0) is 68.4 Å². The Bertz CT molecular complexity index is 1900. The molecule has 0 bridgehead atoms. The summed E-state index contributed by atoms with van der Waals surface area (Å²) < 4.78 is 4.90. The van der Waals surface area contributed by atoms with Crippen LogP contribution in [0, 0.1) is 0 Å². The van der Waals surface area contributed by atoms with Crippen molar-refractivity contribution < 1.29 is 0 Å². The maximum Gasteiger partial charge on any atom is 0.266 e. The van der Waals surface area contributed by atoms with Gasteiger partial charge >= 0.3 is 0 Å². The molecule has 40 heavy (non-hydrogen) atoms. The molecule has 0 radical (unpaired) electrons. The zero-order chi connectivity index (χ0) is 27.1. The van der Waals surface area contributed by atoms with Gasteiger partial charge in [0.05, 0.1) is 34.3 Å². The number of aromatic nitrogens is 4. The van der Waals surface area contributed by atoms with Crippen molar-refractivity contribution in [3.05, 3.63) is 112 Å². The van der Waals surface area contributed by atoms with Crippen molar-refractivity contribution in [1.29, 1.82) is 0 Å². The summed E-state index contributed by atoms with van der Waals surface area (Å²) in [4.78, 5) is 27.0. The molecule has 1 saturated heterocycles. The Balaban J connectivity index is 1.50. The van der Waals surface area contributed by atoms with Crippen molar-refractivity contribution in [1.82, 2.24) is 24.0 Å². The van der Waals surface area contributed by atoms with Crippen molar-refractivity contribution in [2.75, 3.05) is 13.1 Å². The molecule has 6 nitrogen and oxygen atoms in total. The third-order valence-electron chi connectivity index (χ3n) is 7.69. The Morgan fingerprint density at radius 3 is 2.30 bits per heavy atom. The Morgan fingerprint density at radius 1 is 0.725 bits per heavy atom. The summed E-state index contributed by atoms with van der Waals surface area (Å²) in [6.45, 7) is 2.91. The van der Waals surface area contributed by atoms with E-state index in [0.29, 0.717) is 16.7 Å². The third-order valence-corrected chi connectivity index (χ3v) is 8.19. The Morgan fingerprint density at radius 2 is 1.45 bits per heavy atom. The molecule has 0 spiro atoms. The van der Waals surface area contributed by atoms with Crippen molar-refractivity contribution >= 4 is 37.9 Å². The number of hydrogen-bond acceptors (Lipinski definition) is 4. The first-order valence-electron chi connectivity index (χ1n) is 13.7. The van der Waals surface area contributed by atoms with E-state index in [1.807, 2.05) is 72.8 Å². The average Bonchev–Trinajstić information content (AvgIpc) is 3.36. The van der Waals surface area contributed by atoms with Crippen LogP contribution >= 0.6 is 15.9 Å². The van der Waals surface area contributed by atoms with Gasteiger partial charge in [0, 0.05) is 15.6 Å². The SMILES string of the molecule is O=c1c2cc(Br)ccc2nc(-c2ccccc2)n1-c1ccccc1-c1nc2ccccc2n1CN1CCCCC1. The quantitative estimate of drug-likeness (QED) is 0.212. The molecular weight excluding hydrogens is 562 g/mol. The summed E-state index contributed by atoms with van der Waals surface area (Å²) >= 11 is 3.54. The molecule has 198 valence electrons. The van der Waals surface area contributed by atoms with E-state index >= 15 is 0 Å². The van der Waals surface area contributed by atoms with Crippen molar-refractivity contribution in [3.8, 4) is 28.5 Å². The van der Waals surface area contributed by atoms with Crippen LogP contribution in [0.4, 0.5) is 0 Å². The normalized spacial score (nSPS) is 14.2. The molecule has 0 amide bonds. The number of imidazole rings is 1. The van der Waals surface area contributed by atoms with Crippen molar-refractivity contribution in [2.24, 2.45) is 0 Å². The number of likely N-dealkylation sites (tertiary alicyclic amines) is 1. The third kappa shape index (κ3) is 4.45. The molecule has 0 saturated carbocycles. The van der Waals surface area contributed by atoms with Crippen LogP contribution < -0.4 is 5.56 Å². The first kappa shape index (κ1) is 24.9. The van der Waals surface area contributed by atoms with Gasteiger partial charge in [-0.3, -0.25) is 14.3 Å². The Hall–Kier alpha value is -4.07. The molecule has 0 unspecified atom stereocenters. The fourth-order valence-corrected chi connectivity index (χ4v) is 6.11. The second-order valence-corrected chi connectivity index (χ2v) is 11.2. The van der Waals surface area contributed by atoms with E-state index in [1.54, 1.807) is 4.57 Å². The first-order valence-corrected chi connectivity index (χ1v) is 14.5. The summed E-state index contributed by atoms with van der Waals surface area (Å²) in [5.74, 6) is 1.45. The van der Waals surface area contributed by atoms with Gasteiger partial charge in [-0.25, -0.2) is 9.97 Å². The molecule has 0 N–H and O–H groups in total. The van der Waals surface area contributed by atoms with E-state index in [-0.39, 0.29) is 5.56 Å². The topological polar surface area (TPSA) is 56.0 Å². The number of piperidine rings is 1. The van der Waals surface area contributed by atoms with Gasteiger partial charge in [0.25, 0.3) is 5.56 Å². The summed E-state index contributed by atoms with van der Waals surface area (Å²) in [6, 6.07) is 31.9. The molecule has 3 heterocycles. The lowest BCUT2D eigenvalue weighted by molar-refractivity contribution is 0.186. The van der Waals surface area contributed by atoms with Crippen molar-refractivity contribution in [2.45, 2.75) is 25.9 Å². The number of hydrogen-bond donors (Lipinski definition) is 0. The summed E-state index contributed by atoms with van der Waals surface area (Å²) in [7, 11) is 0. The second kappa shape index (κ2) is 10.5. The number of fused-ring (bicyclic) bond motifs is 2. The molecule has 0 aliphatic carbocycles. The molecule has 1 aliphatic heterocycles. The second-order valence-electron chi connectivity index (χ2n) is 10.3. The maximum atomic E-state index is 14.3. The van der Waals surface area contributed by atoms with Gasteiger partial charge in [0.2, 0.25) is 0 Å². The van der Waals surface area contributed by atoms with E-state index < -0.39 is 0 Å². The van der Waals surface area contributed by atoms with E-state index in [9.17, 15) is 4.79 Å². The largest absolute Gasteiger partial charge is 0.310 e. The summed E-state index contributed by atoms with van der Waals surface area (Å²) in [5.41, 5.74) is 5.12. The van der Waals surface area contributed by atoms with E-state index in [4.69, 9.17) is 9.97 Å². The van der Waals surface area contributed by atoms with Crippen LogP contribution in [0.5, 0.6) is 0 Å². The fourth-order valence-electron chi connectivity index (χ4n) is 5.74. The fraction of sp³-hybridized carbons (Fsp3) is 0.182. The highest BCUT2D eigenvalue weighted by Gasteiger charge is 2.22. The van der Waals surface area contributed by atoms with Gasteiger partial charge in [0.1, 0.15) is 11.6 Å². The molecule has 7 rings (SSSR count). The highest BCUT2D eigenvalue weighted by Crippen LogP contribution is 2.32. The van der Waals surface area contributed by atoms with Gasteiger partial charge in [-0.2, -0.15) is 0 Å². The highest BCUT2D eigenvalue weighted by molar-refractivity contribution is 9.10. The predicted molar refractivity (Wildman–Crippen MR) is 165 cm³/mol. The zero-order valence-corrected chi connectivity index (χ0v) is 23.6.